The Morgan fingerprint density at radius 3 is 1.41 bits per heavy atom. The van der Waals surface area contributed by atoms with Crippen LogP contribution in [0.25, 0.3) is 21.5 Å². The van der Waals surface area contributed by atoms with Gasteiger partial charge in [-0.05, 0) is 0 Å². The minimum absolute atomic E-state index is 0. The molecule has 0 bridgehead atoms. The van der Waals surface area contributed by atoms with Crippen molar-refractivity contribution in [3.05, 3.63) is 140 Å². The van der Waals surface area contributed by atoms with Gasteiger partial charge in [0.1, 0.15) is 9.52 Å². The Balaban J connectivity index is 0.000000264. The number of hydrogen-bond donors (Lipinski definition) is 0. The molecule has 0 fully saturated rings. The molecule has 0 amide bonds. The van der Waals surface area contributed by atoms with E-state index in [0.717, 1.165) is 6.42 Å². The van der Waals surface area contributed by atoms with E-state index in [1.807, 2.05) is 12.2 Å². The molecule has 0 aliphatic heterocycles. The van der Waals surface area contributed by atoms with Gasteiger partial charge >= 0.3 is 26.2 Å². The molecule has 0 atom stereocenters. The molecule has 0 saturated carbocycles. The van der Waals surface area contributed by atoms with Gasteiger partial charge in [-0.2, -0.15) is 6.08 Å². The normalized spacial score (nSPS) is 10.6. The van der Waals surface area contributed by atoms with E-state index < -0.39 is 0 Å². The molecule has 1 radical (unpaired) electrons. The largest absolute Gasteiger partial charge is 4.00 e. The number of allylic oxidation sites excluding steroid dienone is 4. The molecule has 1 aliphatic carbocycles. The van der Waals surface area contributed by atoms with Crippen molar-refractivity contribution in [1.82, 2.24) is 0 Å². The average molecular weight is 576 g/mol. The molecule has 5 aromatic carbocycles. The second-order valence-electron chi connectivity index (χ2n) is 7.29. The van der Waals surface area contributed by atoms with Gasteiger partial charge in [0.15, 0.2) is 0 Å². The standard InChI is InChI=1S/C13H9.C12H11Si.C5H5.2ClH.Zr/c1-3-7-12-10(5-1)9-11-6-2-4-8-13(11)12;1-3-7-11(8-4-1)13-12-9-5-2-6-10-12;1-2-4-5-3-1;;;/h1-9H;1-10,13H;1-3H,4H2;2*1H;/q-1;;-1;;;+4/p-2. The summed E-state index contributed by atoms with van der Waals surface area (Å²) in [6.45, 7) is 0. The van der Waals surface area contributed by atoms with Crippen LogP contribution in [0.2, 0.25) is 0 Å². The van der Waals surface area contributed by atoms with Gasteiger partial charge in [0.05, 0.1) is 0 Å². The Morgan fingerprint density at radius 1 is 0.588 bits per heavy atom. The smallest absolute Gasteiger partial charge is 1.00 e. The van der Waals surface area contributed by atoms with E-state index in [1.54, 1.807) is 0 Å². The van der Waals surface area contributed by atoms with Crippen molar-refractivity contribution in [2.75, 3.05) is 0 Å². The van der Waals surface area contributed by atoms with Gasteiger partial charge in [0.25, 0.3) is 0 Å². The third kappa shape index (κ3) is 8.93. The number of hydrogen-bond acceptors (Lipinski definition) is 0. The predicted molar refractivity (Wildman–Crippen MR) is 138 cm³/mol. The van der Waals surface area contributed by atoms with Gasteiger partial charge in [-0.15, -0.1) is 46.2 Å². The zero-order valence-corrected chi connectivity index (χ0v) is 23.9. The Morgan fingerprint density at radius 2 is 1.03 bits per heavy atom. The number of benzene rings is 4. The first-order valence-corrected chi connectivity index (χ1v) is 11.8. The summed E-state index contributed by atoms with van der Waals surface area (Å²) in [5.41, 5.74) is 0. The molecule has 6 rings (SSSR count). The van der Waals surface area contributed by atoms with Crippen LogP contribution in [0.5, 0.6) is 0 Å². The maximum absolute atomic E-state index is 2.99. The summed E-state index contributed by atoms with van der Waals surface area (Å²) < 4.78 is 0. The van der Waals surface area contributed by atoms with Crippen LogP contribution in [-0.4, -0.2) is 9.52 Å². The monoisotopic (exact) mass is 573 g/mol. The summed E-state index contributed by atoms with van der Waals surface area (Å²) in [4.78, 5) is 0. The van der Waals surface area contributed by atoms with Crippen molar-refractivity contribution in [2.24, 2.45) is 0 Å². The summed E-state index contributed by atoms with van der Waals surface area (Å²) in [6, 6.07) is 40.6. The van der Waals surface area contributed by atoms with Gasteiger partial charge in [-0.25, -0.2) is 12.2 Å². The zero-order chi connectivity index (χ0) is 21.1. The molecule has 0 spiro atoms. The van der Waals surface area contributed by atoms with Gasteiger partial charge in [-0.1, -0.05) is 107 Å². The summed E-state index contributed by atoms with van der Waals surface area (Å²) in [7, 11) is 0.271. The molecule has 0 aromatic heterocycles. The Labute approximate surface area is 236 Å². The quantitative estimate of drug-likeness (QED) is 0.207. The fraction of sp³-hybridized carbons (Fsp3) is 0.0333. The van der Waals surface area contributed by atoms with E-state index in [0.29, 0.717) is 0 Å². The maximum Gasteiger partial charge on any atom is 4.00 e. The first-order valence-electron chi connectivity index (χ1n) is 10.6. The molecule has 0 nitrogen and oxygen atoms in total. The third-order valence-electron chi connectivity index (χ3n) is 5.04. The first-order chi connectivity index (χ1) is 15.4. The van der Waals surface area contributed by atoms with Crippen molar-refractivity contribution >= 4 is 41.4 Å². The molecule has 0 unspecified atom stereocenters. The summed E-state index contributed by atoms with van der Waals surface area (Å²) in [5.74, 6) is 0. The van der Waals surface area contributed by atoms with Crippen molar-refractivity contribution in [2.45, 2.75) is 6.42 Å². The van der Waals surface area contributed by atoms with Crippen LogP contribution in [0.15, 0.2) is 133 Å². The van der Waals surface area contributed by atoms with Crippen molar-refractivity contribution in [3.8, 4) is 0 Å². The summed E-state index contributed by atoms with van der Waals surface area (Å²) in [5, 5.41) is 8.30. The van der Waals surface area contributed by atoms with Crippen LogP contribution in [0.1, 0.15) is 6.42 Å². The topological polar surface area (TPSA) is 0 Å². The second-order valence-corrected chi connectivity index (χ2v) is 8.91. The maximum atomic E-state index is 2.99. The summed E-state index contributed by atoms with van der Waals surface area (Å²) in [6.07, 6.45) is 10.0. The van der Waals surface area contributed by atoms with Crippen LogP contribution >= 0.6 is 0 Å². The van der Waals surface area contributed by atoms with Crippen LogP contribution < -0.4 is 35.2 Å². The fourth-order valence-corrected chi connectivity index (χ4v) is 4.75. The van der Waals surface area contributed by atoms with E-state index >= 15 is 0 Å². The van der Waals surface area contributed by atoms with Gasteiger partial charge in [0.2, 0.25) is 0 Å². The number of rotatable bonds is 2. The van der Waals surface area contributed by atoms with E-state index in [-0.39, 0.29) is 60.5 Å². The molecule has 5 aromatic rings. The fourth-order valence-electron chi connectivity index (χ4n) is 3.54. The first kappa shape index (κ1) is 29.9. The van der Waals surface area contributed by atoms with Crippen LogP contribution in [0, 0.1) is 6.08 Å². The van der Waals surface area contributed by atoms with Crippen LogP contribution in [0.4, 0.5) is 0 Å². The molecular weight excluding hydrogens is 551 g/mol. The number of halogens is 2. The average Bonchev–Trinajstić information content (AvgIpc) is 3.53. The molecule has 0 saturated heterocycles. The van der Waals surface area contributed by atoms with Crippen LogP contribution in [-0.2, 0) is 26.2 Å². The van der Waals surface area contributed by atoms with Crippen molar-refractivity contribution in [3.63, 3.8) is 0 Å². The van der Waals surface area contributed by atoms with E-state index in [4.69, 9.17) is 0 Å². The van der Waals surface area contributed by atoms with Gasteiger partial charge < -0.3 is 24.8 Å². The molecule has 0 heterocycles. The Hall–Kier alpha value is -2.09. The molecule has 1 aliphatic rings. The zero-order valence-electron chi connectivity index (χ0n) is 18.7. The minimum atomic E-state index is 0. The Kier molecular flexibility index (Phi) is 14.6. The molecular formula is C30H25Cl2SiZr. The Bertz CT molecular complexity index is 1180. The SMILES string of the molecule is [C-]1=CC=CC1.[Cl-].[Cl-].[Zr+4].c1ccc([SiH]c2ccccc2)cc1.c1ccc2c(c1)[cH-]c1ccccc12. The molecule has 34 heavy (non-hydrogen) atoms. The van der Waals surface area contributed by atoms with Crippen molar-refractivity contribution < 1.29 is 51.0 Å². The molecule has 4 heteroatoms. The minimum Gasteiger partial charge on any atom is -1.00 e. The molecule has 167 valence electrons. The van der Waals surface area contributed by atoms with E-state index in [2.05, 4.69) is 127 Å². The van der Waals surface area contributed by atoms with E-state index in [1.165, 1.54) is 31.9 Å². The van der Waals surface area contributed by atoms with Gasteiger partial charge in [0, 0.05) is 0 Å². The third-order valence-corrected chi connectivity index (χ3v) is 6.48. The summed E-state index contributed by atoms with van der Waals surface area (Å²) >= 11 is 0. The van der Waals surface area contributed by atoms with Crippen LogP contribution in [0.3, 0.4) is 0 Å². The van der Waals surface area contributed by atoms with Crippen molar-refractivity contribution in [1.29, 1.82) is 0 Å². The number of fused-ring (bicyclic) bond motifs is 3. The predicted octanol–water partition coefficient (Wildman–Crippen LogP) is 0.0970. The second kappa shape index (κ2) is 16.5. The molecule has 0 N–H and O–H groups in total. The van der Waals surface area contributed by atoms with E-state index in [9.17, 15) is 0 Å². The van der Waals surface area contributed by atoms with Gasteiger partial charge in [-0.3, -0.25) is 6.08 Å².